The maximum Gasteiger partial charge on any atom is 0.268 e. The van der Waals surface area contributed by atoms with Gasteiger partial charge in [-0.25, -0.2) is 9.97 Å². The SMILES string of the molecule is Cc1nnc(-c2nc3[nH]ccc(=O)c3nc2-c2ccc3ncccc3c2)o1. The zero-order valence-electron chi connectivity index (χ0n) is 14.2. The normalized spacial score (nSPS) is 11.3. The molecule has 4 heterocycles. The summed E-state index contributed by atoms with van der Waals surface area (Å²) in [5, 5.41) is 8.90. The van der Waals surface area contributed by atoms with Gasteiger partial charge in [-0.3, -0.25) is 9.78 Å². The lowest BCUT2D eigenvalue weighted by atomic mass is 10.1. The molecule has 1 aromatic carbocycles. The van der Waals surface area contributed by atoms with Gasteiger partial charge in [-0.2, -0.15) is 0 Å². The molecule has 130 valence electrons. The number of hydrogen-bond acceptors (Lipinski definition) is 7. The third-order valence-corrected chi connectivity index (χ3v) is 4.19. The van der Waals surface area contributed by atoms with E-state index in [1.54, 1.807) is 13.1 Å². The molecule has 0 radical (unpaired) electrons. The highest BCUT2D eigenvalue weighted by Crippen LogP contribution is 2.30. The minimum absolute atomic E-state index is 0.215. The van der Waals surface area contributed by atoms with E-state index in [0.29, 0.717) is 22.9 Å². The van der Waals surface area contributed by atoms with Crippen LogP contribution in [0.4, 0.5) is 0 Å². The summed E-state index contributed by atoms with van der Waals surface area (Å²) in [7, 11) is 0. The first-order chi connectivity index (χ1) is 13.2. The highest BCUT2D eigenvalue weighted by atomic mass is 16.4. The van der Waals surface area contributed by atoms with Crippen molar-refractivity contribution >= 4 is 22.1 Å². The van der Waals surface area contributed by atoms with Crippen molar-refractivity contribution in [3.8, 4) is 22.8 Å². The highest BCUT2D eigenvalue weighted by Gasteiger charge is 2.19. The Kier molecular flexibility index (Phi) is 3.29. The number of hydrogen-bond donors (Lipinski definition) is 1. The number of nitrogens with zero attached hydrogens (tertiary/aromatic N) is 5. The van der Waals surface area contributed by atoms with Gasteiger partial charge >= 0.3 is 0 Å². The summed E-state index contributed by atoms with van der Waals surface area (Å²) in [6.07, 6.45) is 3.27. The molecule has 0 atom stereocenters. The number of aromatic amines is 1. The van der Waals surface area contributed by atoms with Crippen LogP contribution in [0.15, 0.2) is 58.0 Å². The van der Waals surface area contributed by atoms with Gasteiger partial charge in [0.15, 0.2) is 16.9 Å². The molecule has 1 N–H and O–H groups in total. The average Bonchev–Trinajstić information content (AvgIpc) is 3.13. The summed E-state index contributed by atoms with van der Waals surface area (Å²) < 4.78 is 5.57. The number of pyridine rings is 2. The number of fused-ring (bicyclic) bond motifs is 2. The van der Waals surface area contributed by atoms with Crippen LogP contribution in [-0.2, 0) is 0 Å². The molecule has 8 nitrogen and oxygen atoms in total. The van der Waals surface area contributed by atoms with E-state index in [-0.39, 0.29) is 16.8 Å². The molecule has 8 heteroatoms. The first-order valence-electron chi connectivity index (χ1n) is 8.24. The molecule has 0 amide bonds. The number of aromatic nitrogens is 6. The molecule has 0 unspecified atom stereocenters. The van der Waals surface area contributed by atoms with E-state index >= 15 is 0 Å². The molecule has 0 spiro atoms. The van der Waals surface area contributed by atoms with E-state index in [0.717, 1.165) is 16.5 Å². The van der Waals surface area contributed by atoms with Crippen molar-refractivity contribution in [1.29, 1.82) is 0 Å². The molecule has 0 aliphatic heterocycles. The molecular formula is C19H12N6O2. The third-order valence-electron chi connectivity index (χ3n) is 4.19. The molecule has 0 fully saturated rings. The van der Waals surface area contributed by atoms with Gasteiger partial charge in [-0.1, -0.05) is 12.1 Å². The number of aryl methyl sites for hydroxylation is 1. The molecule has 4 aromatic heterocycles. The lowest BCUT2D eigenvalue weighted by molar-refractivity contribution is 0.531. The first-order valence-corrected chi connectivity index (χ1v) is 8.24. The minimum atomic E-state index is -0.215. The van der Waals surface area contributed by atoms with Crippen molar-refractivity contribution in [2.75, 3.05) is 0 Å². The Labute approximate surface area is 152 Å². The lowest BCUT2D eigenvalue weighted by Crippen LogP contribution is -2.06. The van der Waals surface area contributed by atoms with Crippen LogP contribution in [-0.4, -0.2) is 30.1 Å². The van der Waals surface area contributed by atoms with Gasteiger partial charge in [0.2, 0.25) is 11.3 Å². The second-order valence-electron chi connectivity index (χ2n) is 6.00. The van der Waals surface area contributed by atoms with E-state index in [1.807, 2.05) is 30.3 Å². The van der Waals surface area contributed by atoms with Gasteiger partial charge < -0.3 is 9.40 Å². The Balaban J connectivity index is 1.85. The highest BCUT2D eigenvalue weighted by molar-refractivity contribution is 5.88. The molecule has 27 heavy (non-hydrogen) atoms. The van der Waals surface area contributed by atoms with Gasteiger partial charge in [0.05, 0.1) is 5.52 Å². The predicted molar refractivity (Wildman–Crippen MR) is 98.9 cm³/mol. The second kappa shape index (κ2) is 5.80. The number of benzene rings is 1. The first kappa shape index (κ1) is 15.3. The van der Waals surface area contributed by atoms with E-state index in [1.165, 1.54) is 12.3 Å². The maximum absolute atomic E-state index is 12.2. The van der Waals surface area contributed by atoms with Crippen molar-refractivity contribution in [3.63, 3.8) is 0 Å². The summed E-state index contributed by atoms with van der Waals surface area (Å²) in [6.45, 7) is 1.70. The molecule has 5 aromatic rings. The second-order valence-corrected chi connectivity index (χ2v) is 6.00. The standard InChI is InChI=1S/C19H12N6O2/c1-10-24-25-19(27-10)17-15(22-16-14(26)6-8-21-18(16)23-17)12-4-5-13-11(9-12)3-2-7-20-13/h2-9H,1H3,(H,21,23,26). The van der Waals surface area contributed by atoms with Crippen LogP contribution in [0.25, 0.3) is 44.9 Å². The van der Waals surface area contributed by atoms with Crippen LogP contribution in [0.2, 0.25) is 0 Å². The fourth-order valence-electron chi connectivity index (χ4n) is 2.95. The van der Waals surface area contributed by atoms with Gasteiger partial charge in [-0.15, -0.1) is 10.2 Å². The third kappa shape index (κ3) is 2.54. The zero-order valence-corrected chi connectivity index (χ0v) is 14.2. The van der Waals surface area contributed by atoms with Crippen molar-refractivity contribution < 1.29 is 4.42 Å². The Bertz CT molecular complexity index is 1370. The molecule has 0 saturated heterocycles. The van der Waals surface area contributed by atoms with Crippen LogP contribution in [0.1, 0.15) is 5.89 Å². The fourth-order valence-corrected chi connectivity index (χ4v) is 2.95. The monoisotopic (exact) mass is 356 g/mol. The van der Waals surface area contributed by atoms with Gasteiger partial charge in [0.1, 0.15) is 5.69 Å². The predicted octanol–water partition coefficient (Wildman–Crippen LogP) is 2.89. The molecular weight excluding hydrogens is 344 g/mol. The lowest BCUT2D eigenvalue weighted by Gasteiger charge is -2.08. The van der Waals surface area contributed by atoms with Crippen molar-refractivity contribution in [3.05, 3.63) is 64.9 Å². The maximum atomic E-state index is 12.2. The summed E-state index contributed by atoms with van der Waals surface area (Å²) in [5.74, 6) is 0.662. The minimum Gasteiger partial charge on any atom is -0.420 e. The molecule has 5 rings (SSSR count). The van der Waals surface area contributed by atoms with E-state index < -0.39 is 0 Å². The fraction of sp³-hybridized carbons (Fsp3) is 0.0526. The number of H-pyrrole nitrogens is 1. The van der Waals surface area contributed by atoms with Crippen LogP contribution in [0.3, 0.4) is 0 Å². The van der Waals surface area contributed by atoms with E-state index in [4.69, 9.17) is 4.42 Å². The average molecular weight is 356 g/mol. The van der Waals surface area contributed by atoms with Crippen LogP contribution in [0, 0.1) is 6.92 Å². The summed E-state index contributed by atoms with van der Waals surface area (Å²) in [4.78, 5) is 28.6. The summed E-state index contributed by atoms with van der Waals surface area (Å²) in [5.41, 5.74) is 2.94. The van der Waals surface area contributed by atoms with Crippen LogP contribution >= 0.6 is 0 Å². The Hall–Kier alpha value is -3.94. The quantitative estimate of drug-likeness (QED) is 0.518. The largest absolute Gasteiger partial charge is 0.420 e. The topological polar surface area (TPSA) is 110 Å². The summed E-state index contributed by atoms with van der Waals surface area (Å²) >= 11 is 0. The molecule has 0 aliphatic rings. The van der Waals surface area contributed by atoms with Crippen molar-refractivity contribution in [1.82, 2.24) is 30.1 Å². The van der Waals surface area contributed by atoms with Gasteiger partial charge in [0.25, 0.3) is 5.89 Å². The summed E-state index contributed by atoms with van der Waals surface area (Å²) in [6, 6.07) is 11.0. The number of nitrogens with one attached hydrogen (secondary N) is 1. The van der Waals surface area contributed by atoms with E-state index in [2.05, 4.69) is 30.1 Å². The zero-order chi connectivity index (χ0) is 18.4. The number of rotatable bonds is 2. The Morgan fingerprint density at radius 1 is 1.04 bits per heavy atom. The van der Waals surface area contributed by atoms with Crippen molar-refractivity contribution in [2.45, 2.75) is 6.92 Å². The van der Waals surface area contributed by atoms with Crippen molar-refractivity contribution in [2.24, 2.45) is 0 Å². The molecule has 0 bridgehead atoms. The van der Waals surface area contributed by atoms with Gasteiger partial charge in [-0.05, 0) is 18.2 Å². The Morgan fingerprint density at radius 3 is 2.81 bits per heavy atom. The van der Waals surface area contributed by atoms with E-state index in [9.17, 15) is 4.79 Å². The molecule has 0 saturated carbocycles. The Morgan fingerprint density at radius 2 is 1.96 bits per heavy atom. The van der Waals surface area contributed by atoms with Gasteiger partial charge in [0, 0.05) is 36.3 Å². The van der Waals surface area contributed by atoms with Crippen LogP contribution in [0.5, 0.6) is 0 Å². The van der Waals surface area contributed by atoms with Crippen LogP contribution < -0.4 is 5.43 Å². The smallest absolute Gasteiger partial charge is 0.268 e. The molecule has 0 aliphatic carbocycles.